The lowest BCUT2D eigenvalue weighted by molar-refractivity contribution is 0.0996. The Hall–Kier alpha value is -3.15. The number of carbonyl (C=O) groups is 1. The van der Waals surface area contributed by atoms with Crippen LogP contribution in [0.1, 0.15) is 10.5 Å². The van der Waals surface area contributed by atoms with E-state index in [1.807, 2.05) is 36.5 Å². The van der Waals surface area contributed by atoms with E-state index < -0.39 is 5.91 Å². The Morgan fingerprint density at radius 2 is 2.05 bits per heavy atom. The Balaban J connectivity index is 1.92. The second-order valence-corrected chi connectivity index (χ2v) is 4.76. The van der Waals surface area contributed by atoms with Crippen LogP contribution in [0, 0.1) is 0 Å². The van der Waals surface area contributed by atoms with Crippen molar-refractivity contribution in [3.63, 3.8) is 0 Å². The number of nitrogens with zero attached hydrogens (tertiary/aromatic N) is 3. The molecule has 0 atom stereocenters. The van der Waals surface area contributed by atoms with Gasteiger partial charge in [-0.2, -0.15) is 5.10 Å². The third-order valence-corrected chi connectivity index (χ3v) is 3.42. The van der Waals surface area contributed by atoms with Gasteiger partial charge in [-0.3, -0.25) is 4.79 Å². The van der Waals surface area contributed by atoms with Crippen LogP contribution >= 0.6 is 0 Å². The molecule has 3 heterocycles. The number of nitrogens with two attached hydrogens (primary N) is 1. The third kappa shape index (κ3) is 1.77. The lowest BCUT2D eigenvalue weighted by atomic mass is 10.2. The average molecular weight is 277 g/mol. The standard InChI is InChI=1S/C15H11N5O/c16-15(21)11-6-5-10-12(18-11)7-14(19-10)20-13-4-2-1-3-9(13)8-17-20/h1-8,19H,(H2,16,21). The van der Waals surface area contributed by atoms with E-state index in [1.165, 1.54) is 0 Å². The molecule has 1 aromatic carbocycles. The van der Waals surface area contributed by atoms with Gasteiger partial charge in [-0.25, -0.2) is 9.67 Å². The van der Waals surface area contributed by atoms with E-state index in [0.29, 0.717) is 5.52 Å². The summed E-state index contributed by atoms with van der Waals surface area (Å²) in [6, 6.07) is 13.2. The van der Waals surface area contributed by atoms with Gasteiger partial charge >= 0.3 is 0 Å². The molecular weight excluding hydrogens is 266 g/mol. The summed E-state index contributed by atoms with van der Waals surface area (Å²) in [5.74, 6) is 0.254. The van der Waals surface area contributed by atoms with Crippen LogP contribution in [-0.2, 0) is 0 Å². The number of amides is 1. The zero-order chi connectivity index (χ0) is 14.4. The number of para-hydroxylation sites is 1. The van der Waals surface area contributed by atoms with Crippen molar-refractivity contribution in [2.45, 2.75) is 0 Å². The Bertz CT molecular complexity index is 982. The van der Waals surface area contributed by atoms with E-state index in [4.69, 9.17) is 5.73 Å². The molecule has 0 saturated heterocycles. The normalized spacial score (nSPS) is 11.2. The van der Waals surface area contributed by atoms with Gasteiger partial charge in [0.1, 0.15) is 11.5 Å². The summed E-state index contributed by atoms with van der Waals surface area (Å²) in [7, 11) is 0. The quantitative estimate of drug-likeness (QED) is 0.587. The lowest BCUT2D eigenvalue weighted by Gasteiger charge is -1.98. The van der Waals surface area contributed by atoms with Crippen LogP contribution in [0.15, 0.2) is 48.7 Å². The minimum absolute atomic E-state index is 0.248. The number of fused-ring (bicyclic) bond motifs is 2. The van der Waals surface area contributed by atoms with E-state index in [1.54, 1.807) is 16.8 Å². The van der Waals surface area contributed by atoms with Crippen LogP contribution in [0.5, 0.6) is 0 Å². The van der Waals surface area contributed by atoms with E-state index >= 15 is 0 Å². The maximum Gasteiger partial charge on any atom is 0.267 e. The zero-order valence-corrected chi connectivity index (χ0v) is 10.9. The summed E-state index contributed by atoms with van der Waals surface area (Å²) in [5, 5.41) is 5.44. The number of aromatic amines is 1. The highest BCUT2D eigenvalue weighted by atomic mass is 16.1. The van der Waals surface area contributed by atoms with E-state index in [2.05, 4.69) is 15.1 Å². The Morgan fingerprint density at radius 3 is 2.90 bits per heavy atom. The van der Waals surface area contributed by atoms with Crippen molar-refractivity contribution in [1.82, 2.24) is 19.7 Å². The van der Waals surface area contributed by atoms with Crippen molar-refractivity contribution in [3.05, 3.63) is 54.4 Å². The fourth-order valence-corrected chi connectivity index (χ4v) is 2.41. The molecule has 6 heteroatoms. The summed E-state index contributed by atoms with van der Waals surface area (Å²) in [6.45, 7) is 0. The highest BCUT2D eigenvalue weighted by Crippen LogP contribution is 2.21. The van der Waals surface area contributed by atoms with Gasteiger partial charge in [0.05, 0.1) is 22.7 Å². The molecular formula is C15H11N5O. The predicted octanol–water partition coefficient (Wildman–Crippen LogP) is 2.00. The highest BCUT2D eigenvalue weighted by Gasteiger charge is 2.10. The molecule has 21 heavy (non-hydrogen) atoms. The molecule has 3 aromatic heterocycles. The highest BCUT2D eigenvalue weighted by molar-refractivity contribution is 5.93. The first kappa shape index (κ1) is 11.7. The molecule has 4 aromatic rings. The van der Waals surface area contributed by atoms with E-state index in [-0.39, 0.29) is 5.69 Å². The van der Waals surface area contributed by atoms with Crippen LogP contribution in [0.3, 0.4) is 0 Å². The molecule has 0 aliphatic heterocycles. The Morgan fingerprint density at radius 1 is 1.19 bits per heavy atom. The summed E-state index contributed by atoms with van der Waals surface area (Å²) in [5.41, 5.74) is 8.01. The van der Waals surface area contributed by atoms with Crippen molar-refractivity contribution in [3.8, 4) is 5.82 Å². The number of primary amides is 1. The number of rotatable bonds is 2. The van der Waals surface area contributed by atoms with Crippen LogP contribution in [0.4, 0.5) is 0 Å². The van der Waals surface area contributed by atoms with Crippen molar-refractivity contribution in [1.29, 1.82) is 0 Å². The molecule has 0 radical (unpaired) electrons. The molecule has 0 aliphatic carbocycles. The average Bonchev–Trinajstić information content (AvgIpc) is 3.09. The summed E-state index contributed by atoms with van der Waals surface area (Å²) >= 11 is 0. The molecule has 0 bridgehead atoms. The van der Waals surface area contributed by atoms with Crippen molar-refractivity contribution < 1.29 is 4.79 Å². The van der Waals surface area contributed by atoms with Crippen molar-refractivity contribution in [2.75, 3.05) is 0 Å². The second kappa shape index (κ2) is 4.17. The summed E-state index contributed by atoms with van der Waals surface area (Å²) < 4.78 is 1.81. The Kier molecular flexibility index (Phi) is 2.32. The number of hydrogen-bond acceptors (Lipinski definition) is 3. The number of aromatic nitrogens is 4. The molecule has 6 nitrogen and oxygen atoms in total. The van der Waals surface area contributed by atoms with Crippen LogP contribution in [0.2, 0.25) is 0 Å². The molecule has 0 unspecified atom stereocenters. The maximum atomic E-state index is 11.2. The van der Waals surface area contributed by atoms with Gasteiger partial charge in [0, 0.05) is 11.5 Å². The fraction of sp³-hybridized carbons (Fsp3) is 0. The fourth-order valence-electron chi connectivity index (χ4n) is 2.41. The minimum atomic E-state index is -0.538. The van der Waals surface area contributed by atoms with Gasteiger partial charge in [-0.1, -0.05) is 18.2 Å². The Labute approximate surface area is 119 Å². The molecule has 0 saturated carbocycles. The SMILES string of the molecule is NC(=O)c1ccc2[nH]c(-n3ncc4ccccc43)cc2n1. The molecule has 0 spiro atoms. The van der Waals surface area contributed by atoms with Crippen LogP contribution in [0.25, 0.3) is 27.8 Å². The first-order chi connectivity index (χ1) is 10.2. The van der Waals surface area contributed by atoms with Gasteiger partial charge < -0.3 is 10.7 Å². The minimum Gasteiger partial charge on any atom is -0.364 e. The summed E-state index contributed by atoms with van der Waals surface area (Å²) in [4.78, 5) is 18.7. The smallest absolute Gasteiger partial charge is 0.267 e. The van der Waals surface area contributed by atoms with E-state index in [9.17, 15) is 4.79 Å². The van der Waals surface area contributed by atoms with Crippen molar-refractivity contribution >= 4 is 27.8 Å². The van der Waals surface area contributed by atoms with Crippen LogP contribution < -0.4 is 5.73 Å². The maximum absolute atomic E-state index is 11.2. The molecule has 0 fully saturated rings. The number of carbonyl (C=O) groups excluding carboxylic acids is 1. The number of pyridine rings is 1. The van der Waals surface area contributed by atoms with E-state index in [0.717, 1.165) is 22.2 Å². The zero-order valence-electron chi connectivity index (χ0n) is 10.9. The number of H-pyrrole nitrogens is 1. The van der Waals surface area contributed by atoms with Crippen molar-refractivity contribution in [2.24, 2.45) is 5.73 Å². The third-order valence-electron chi connectivity index (χ3n) is 3.42. The predicted molar refractivity (Wildman–Crippen MR) is 79.2 cm³/mol. The molecule has 0 aliphatic rings. The first-order valence-corrected chi connectivity index (χ1v) is 6.45. The van der Waals surface area contributed by atoms with Gasteiger partial charge in [0.15, 0.2) is 0 Å². The van der Waals surface area contributed by atoms with Gasteiger partial charge in [0.2, 0.25) is 0 Å². The first-order valence-electron chi connectivity index (χ1n) is 6.45. The topological polar surface area (TPSA) is 89.6 Å². The molecule has 3 N–H and O–H groups in total. The van der Waals surface area contributed by atoms with Crippen LogP contribution in [-0.4, -0.2) is 25.7 Å². The number of nitrogens with one attached hydrogen (secondary N) is 1. The summed E-state index contributed by atoms with van der Waals surface area (Å²) in [6.07, 6.45) is 1.81. The molecule has 1 amide bonds. The van der Waals surface area contributed by atoms with Gasteiger partial charge in [-0.05, 0) is 18.2 Å². The number of benzene rings is 1. The second-order valence-electron chi connectivity index (χ2n) is 4.76. The van der Waals surface area contributed by atoms with Gasteiger partial charge in [0.25, 0.3) is 5.91 Å². The molecule has 102 valence electrons. The lowest BCUT2D eigenvalue weighted by Crippen LogP contribution is -2.12. The monoisotopic (exact) mass is 277 g/mol. The number of hydrogen-bond donors (Lipinski definition) is 2. The van der Waals surface area contributed by atoms with Gasteiger partial charge in [-0.15, -0.1) is 0 Å². The molecule has 4 rings (SSSR count). The largest absolute Gasteiger partial charge is 0.364 e.